The molecule has 3 heterocycles. The van der Waals surface area contributed by atoms with E-state index >= 15 is 0 Å². The summed E-state index contributed by atoms with van der Waals surface area (Å²) < 4.78 is 3.07. The maximum Gasteiger partial charge on any atom is 0.292 e. The van der Waals surface area contributed by atoms with Crippen LogP contribution in [0.5, 0.6) is 0 Å². The van der Waals surface area contributed by atoms with Crippen molar-refractivity contribution >= 4 is 28.9 Å². The predicted molar refractivity (Wildman–Crippen MR) is 102 cm³/mol. The Hall–Kier alpha value is -2.31. The third-order valence-corrected chi connectivity index (χ3v) is 5.25. The number of halogens is 2. The van der Waals surface area contributed by atoms with Crippen molar-refractivity contribution in [2.24, 2.45) is 7.05 Å². The first kappa shape index (κ1) is 17.1. The van der Waals surface area contributed by atoms with E-state index in [4.69, 9.17) is 23.2 Å². The second-order valence-corrected chi connectivity index (χ2v) is 7.15. The van der Waals surface area contributed by atoms with Crippen LogP contribution in [0.15, 0.2) is 47.7 Å². The summed E-state index contributed by atoms with van der Waals surface area (Å²) in [6, 6.07) is 7.05. The standard InChI is InChI=1S/C18H17Cl2N5O/c1-23-11-12(9-21-23)15-3-2-8-24(15)16-10-22-25(18(26)17(16)20)14-6-4-13(19)5-7-14/h4-7,9-11,15H,2-3,8H2,1H3. The Bertz CT molecular complexity index is 996. The summed E-state index contributed by atoms with van der Waals surface area (Å²) in [6.45, 7) is 0.825. The van der Waals surface area contributed by atoms with Gasteiger partial charge in [-0.25, -0.2) is 0 Å². The lowest BCUT2D eigenvalue weighted by Gasteiger charge is -2.26. The molecule has 0 radical (unpaired) electrons. The number of rotatable bonds is 3. The number of aromatic nitrogens is 4. The van der Waals surface area contributed by atoms with Crippen molar-refractivity contribution in [3.05, 3.63) is 68.8 Å². The molecule has 1 fully saturated rings. The van der Waals surface area contributed by atoms with Gasteiger partial charge < -0.3 is 4.90 Å². The quantitative estimate of drug-likeness (QED) is 0.686. The maximum atomic E-state index is 12.8. The van der Waals surface area contributed by atoms with Crippen LogP contribution < -0.4 is 10.5 Å². The summed E-state index contributed by atoms with van der Waals surface area (Å²) in [5.41, 5.74) is 2.05. The molecule has 26 heavy (non-hydrogen) atoms. The molecule has 0 spiro atoms. The van der Waals surface area contributed by atoms with Gasteiger partial charge in [0.2, 0.25) is 0 Å². The molecule has 1 aromatic carbocycles. The Labute approximate surface area is 160 Å². The molecule has 1 unspecified atom stereocenters. The van der Waals surface area contributed by atoms with Crippen molar-refractivity contribution < 1.29 is 0 Å². The average Bonchev–Trinajstić information content (AvgIpc) is 3.27. The fraction of sp³-hybridized carbons (Fsp3) is 0.278. The molecule has 3 aromatic rings. The van der Waals surface area contributed by atoms with E-state index in [2.05, 4.69) is 15.1 Å². The molecule has 134 valence electrons. The van der Waals surface area contributed by atoms with Crippen LogP contribution in [0.1, 0.15) is 24.4 Å². The van der Waals surface area contributed by atoms with E-state index in [0.29, 0.717) is 16.4 Å². The van der Waals surface area contributed by atoms with Crippen LogP contribution in [-0.2, 0) is 7.05 Å². The van der Waals surface area contributed by atoms with E-state index < -0.39 is 0 Å². The minimum atomic E-state index is -0.344. The van der Waals surface area contributed by atoms with E-state index in [1.165, 1.54) is 4.68 Å². The van der Waals surface area contributed by atoms with Crippen LogP contribution in [0.25, 0.3) is 5.69 Å². The molecule has 1 aliphatic rings. The molecule has 0 saturated carbocycles. The third kappa shape index (κ3) is 2.99. The Morgan fingerprint density at radius 2 is 1.88 bits per heavy atom. The van der Waals surface area contributed by atoms with Gasteiger partial charge in [-0.3, -0.25) is 9.48 Å². The van der Waals surface area contributed by atoms with Gasteiger partial charge in [0.1, 0.15) is 5.02 Å². The second kappa shape index (κ2) is 6.78. The first-order chi connectivity index (χ1) is 12.5. The van der Waals surface area contributed by atoms with Crippen LogP contribution in [0, 0.1) is 0 Å². The molecular weight excluding hydrogens is 373 g/mol. The van der Waals surface area contributed by atoms with Gasteiger partial charge in [-0.15, -0.1) is 0 Å². The minimum absolute atomic E-state index is 0.147. The Morgan fingerprint density at radius 3 is 2.58 bits per heavy atom. The summed E-state index contributed by atoms with van der Waals surface area (Å²) in [5.74, 6) is 0. The highest BCUT2D eigenvalue weighted by Gasteiger charge is 2.30. The summed E-state index contributed by atoms with van der Waals surface area (Å²) in [4.78, 5) is 14.9. The van der Waals surface area contributed by atoms with Gasteiger partial charge in [0.25, 0.3) is 5.56 Å². The molecule has 0 N–H and O–H groups in total. The van der Waals surface area contributed by atoms with Crippen molar-refractivity contribution in [1.82, 2.24) is 19.6 Å². The number of hydrogen-bond donors (Lipinski definition) is 0. The van der Waals surface area contributed by atoms with Crippen LogP contribution >= 0.6 is 23.2 Å². The topological polar surface area (TPSA) is 56.0 Å². The van der Waals surface area contributed by atoms with Gasteiger partial charge in [-0.05, 0) is 37.1 Å². The molecule has 8 heteroatoms. The molecule has 1 saturated heterocycles. The maximum absolute atomic E-state index is 12.8. The van der Waals surface area contributed by atoms with Gasteiger partial charge in [0.15, 0.2) is 0 Å². The Morgan fingerprint density at radius 1 is 1.12 bits per heavy atom. The van der Waals surface area contributed by atoms with Crippen LogP contribution in [0.4, 0.5) is 5.69 Å². The van der Waals surface area contributed by atoms with Crippen molar-refractivity contribution in [3.63, 3.8) is 0 Å². The zero-order valence-electron chi connectivity index (χ0n) is 14.1. The average molecular weight is 390 g/mol. The Balaban J connectivity index is 1.72. The third-order valence-electron chi connectivity index (χ3n) is 4.64. The molecule has 0 aliphatic carbocycles. The van der Waals surface area contributed by atoms with E-state index in [1.807, 2.05) is 19.4 Å². The highest BCUT2D eigenvalue weighted by molar-refractivity contribution is 6.33. The van der Waals surface area contributed by atoms with Crippen molar-refractivity contribution in [2.45, 2.75) is 18.9 Å². The summed E-state index contributed by atoms with van der Waals surface area (Å²) >= 11 is 12.4. The molecular formula is C18H17Cl2N5O. The SMILES string of the molecule is Cn1cc(C2CCCN2c2cnn(-c3ccc(Cl)cc3)c(=O)c2Cl)cn1. The lowest BCUT2D eigenvalue weighted by molar-refractivity contribution is 0.707. The van der Waals surface area contributed by atoms with Gasteiger partial charge >= 0.3 is 0 Å². The number of aryl methyl sites for hydroxylation is 1. The molecule has 1 aliphatic heterocycles. The summed E-state index contributed by atoms with van der Waals surface area (Å²) in [7, 11) is 1.89. The molecule has 1 atom stereocenters. The normalized spacial score (nSPS) is 17.0. The predicted octanol–water partition coefficient (Wildman–Crippen LogP) is 3.61. The zero-order chi connectivity index (χ0) is 18.3. The molecule has 6 nitrogen and oxygen atoms in total. The van der Waals surface area contributed by atoms with Crippen LogP contribution in [-0.4, -0.2) is 26.1 Å². The zero-order valence-corrected chi connectivity index (χ0v) is 15.7. The molecule has 0 amide bonds. The fourth-order valence-corrected chi connectivity index (χ4v) is 3.77. The minimum Gasteiger partial charge on any atom is -0.362 e. The number of hydrogen-bond acceptors (Lipinski definition) is 4. The second-order valence-electron chi connectivity index (χ2n) is 6.34. The first-order valence-electron chi connectivity index (χ1n) is 8.33. The lowest BCUT2D eigenvalue weighted by Crippen LogP contribution is -2.28. The van der Waals surface area contributed by atoms with Gasteiger partial charge in [-0.1, -0.05) is 23.2 Å². The fourth-order valence-electron chi connectivity index (χ4n) is 3.40. The summed E-state index contributed by atoms with van der Waals surface area (Å²) in [5, 5.41) is 9.36. The number of anilines is 1. The highest BCUT2D eigenvalue weighted by atomic mass is 35.5. The van der Waals surface area contributed by atoms with Crippen molar-refractivity contribution in [3.8, 4) is 5.69 Å². The van der Waals surface area contributed by atoms with E-state index in [0.717, 1.165) is 24.9 Å². The molecule has 0 bridgehead atoms. The van der Waals surface area contributed by atoms with Crippen LogP contribution in [0.3, 0.4) is 0 Å². The van der Waals surface area contributed by atoms with E-state index in [-0.39, 0.29) is 16.6 Å². The lowest BCUT2D eigenvalue weighted by atomic mass is 10.1. The highest BCUT2D eigenvalue weighted by Crippen LogP contribution is 2.37. The van der Waals surface area contributed by atoms with E-state index in [1.54, 1.807) is 35.1 Å². The van der Waals surface area contributed by atoms with Gasteiger partial charge in [-0.2, -0.15) is 14.9 Å². The summed E-state index contributed by atoms with van der Waals surface area (Å²) in [6.07, 6.45) is 7.53. The smallest absolute Gasteiger partial charge is 0.292 e. The van der Waals surface area contributed by atoms with Crippen LogP contribution in [0.2, 0.25) is 10.0 Å². The van der Waals surface area contributed by atoms with Crippen molar-refractivity contribution in [2.75, 3.05) is 11.4 Å². The first-order valence-corrected chi connectivity index (χ1v) is 9.09. The Kier molecular flexibility index (Phi) is 4.46. The molecule has 2 aromatic heterocycles. The number of benzene rings is 1. The largest absolute Gasteiger partial charge is 0.362 e. The monoisotopic (exact) mass is 389 g/mol. The van der Waals surface area contributed by atoms with E-state index in [9.17, 15) is 4.79 Å². The number of nitrogens with zero attached hydrogens (tertiary/aromatic N) is 5. The van der Waals surface area contributed by atoms with Gasteiger partial charge in [0, 0.05) is 30.4 Å². The van der Waals surface area contributed by atoms with Crippen molar-refractivity contribution in [1.29, 1.82) is 0 Å². The molecule has 4 rings (SSSR count). The van der Waals surface area contributed by atoms with Gasteiger partial charge in [0.05, 0.1) is 29.8 Å².